The van der Waals surface area contributed by atoms with Gasteiger partial charge in [-0.05, 0) is 21.1 Å². The van der Waals surface area contributed by atoms with E-state index in [0.29, 0.717) is 5.75 Å². The van der Waals surface area contributed by atoms with Crippen LogP contribution in [0.5, 0.6) is 0 Å². The third-order valence-corrected chi connectivity index (χ3v) is 12.6. The molecule has 0 heterocycles. The van der Waals surface area contributed by atoms with Gasteiger partial charge in [0.2, 0.25) is 0 Å². The molecule has 0 bridgehead atoms. The first kappa shape index (κ1) is 20.3. The van der Waals surface area contributed by atoms with Crippen molar-refractivity contribution >= 4 is 34.4 Å². The van der Waals surface area contributed by atoms with Crippen LogP contribution in [0, 0.1) is 0 Å². The second kappa shape index (κ2) is 9.20. The van der Waals surface area contributed by atoms with E-state index in [2.05, 4.69) is 79.4 Å². The number of hydrogen-bond donors (Lipinski definition) is 0. The van der Waals surface area contributed by atoms with Crippen LogP contribution < -0.4 is 15.6 Å². The summed E-state index contributed by atoms with van der Waals surface area (Å²) >= 11 is 0. The van der Waals surface area contributed by atoms with Gasteiger partial charge in [-0.3, -0.25) is 4.21 Å². The second-order valence-electron chi connectivity index (χ2n) is 7.25. The zero-order valence-corrected chi connectivity index (χ0v) is 18.6. The van der Waals surface area contributed by atoms with Crippen LogP contribution >= 0.6 is 0 Å². The van der Waals surface area contributed by atoms with Gasteiger partial charge in [-0.2, -0.15) is 0 Å². The van der Waals surface area contributed by atoms with E-state index in [4.69, 9.17) is 0 Å². The molecule has 4 rings (SSSR count). The van der Waals surface area contributed by atoms with Gasteiger partial charge in [-0.25, -0.2) is 0 Å². The summed E-state index contributed by atoms with van der Waals surface area (Å²) in [5, 5.41) is 3.61. The van der Waals surface area contributed by atoms with E-state index in [9.17, 15) is 4.21 Å². The van der Waals surface area contributed by atoms with E-state index < -0.39 is 18.9 Å². The minimum atomic E-state index is -2.74. The lowest BCUT2D eigenvalue weighted by Gasteiger charge is -2.35. The van der Waals surface area contributed by atoms with Crippen LogP contribution in [0.25, 0.3) is 0 Å². The van der Waals surface area contributed by atoms with Gasteiger partial charge in [0, 0.05) is 15.3 Å². The molecule has 0 aliphatic rings. The fourth-order valence-corrected chi connectivity index (χ4v) is 11.4. The van der Waals surface area contributed by atoms with Crippen LogP contribution in [-0.2, 0) is 16.6 Å². The average molecular weight is 425 g/mol. The summed E-state index contributed by atoms with van der Waals surface area (Å²) in [6.45, 7) is 4.51. The molecule has 4 aromatic rings. The molecule has 148 valence electrons. The Bertz CT molecular complexity index is 1030. The Morgan fingerprint density at radius 1 is 0.600 bits per heavy atom. The van der Waals surface area contributed by atoms with Crippen molar-refractivity contribution in [3.8, 4) is 0 Å². The molecule has 1 nitrogen and oxygen atoms in total. The third-order valence-electron chi connectivity index (χ3n) is 5.45. The predicted molar refractivity (Wildman–Crippen MR) is 131 cm³/mol. The fourth-order valence-electron chi connectivity index (χ4n) is 4.03. The minimum Gasteiger partial charge on any atom is -0.255 e. The van der Waals surface area contributed by atoms with Crippen molar-refractivity contribution in [1.82, 2.24) is 0 Å². The number of hydrogen-bond acceptors (Lipinski definition) is 1. The first-order chi connectivity index (χ1) is 14.7. The lowest BCUT2D eigenvalue weighted by Crippen LogP contribution is -2.69. The van der Waals surface area contributed by atoms with E-state index in [-0.39, 0.29) is 0 Å². The first-order valence-corrected chi connectivity index (χ1v) is 13.3. The van der Waals surface area contributed by atoms with Crippen molar-refractivity contribution < 1.29 is 4.21 Å². The summed E-state index contributed by atoms with van der Waals surface area (Å²) < 4.78 is 14.6. The quantitative estimate of drug-likeness (QED) is 0.322. The summed E-state index contributed by atoms with van der Waals surface area (Å²) in [5.41, 5.74) is 1.06. The maximum atomic E-state index is 13.7. The van der Waals surface area contributed by atoms with E-state index in [1.807, 2.05) is 48.5 Å². The largest absolute Gasteiger partial charge is 0.255 e. The van der Waals surface area contributed by atoms with Crippen molar-refractivity contribution in [2.24, 2.45) is 0 Å². The van der Waals surface area contributed by atoms with Gasteiger partial charge in [-0.15, -0.1) is 0 Å². The van der Waals surface area contributed by atoms with Crippen LogP contribution in [0.4, 0.5) is 0 Å². The monoisotopic (exact) mass is 424 g/mol. The molecule has 0 fully saturated rings. The zero-order valence-electron chi connectivity index (χ0n) is 16.8. The molecular weight excluding hydrogens is 400 g/mol. The molecule has 0 aliphatic carbocycles. The van der Waals surface area contributed by atoms with Crippen molar-refractivity contribution in [2.45, 2.75) is 5.75 Å². The van der Waals surface area contributed by atoms with Crippen LogP contribution in [0.15, 0.2) is 132 Å². The van der Waals surface area contributed by atoms with Gasteiger partial charge in [-0.1, -0.05) is 128 Å². The van der Waals surface area contributed by atoms with Crippen molar-refractivity contribution in [2.75, 3.05) is 0 Å². The molecule has 0 saturated heterocycles. The van der Waals surface area contributed by atoms with Crippen LogP contribution in [-0.4, -0.2) is 12.3 Å². The summed E-state index contributed by atoms with van der Waals surface area (Å²) in [6.07, 6.45) is 0. The van der Waals surface area contributed by atoms with Gasteiger partial charge in [0.05, 0.1) is 5.75 Å². The standard InChI is InChI=1S/C27H24OSSi/c1-23(29(28)22-24-14-6-2-7-15-24)30(25-16-8-3-9-17-25,26-18-10-4-11-19-26)27-20-12-5-13-21-27/h2-21H,1,22H2. The molecular formula is C27H24OSSi. The van der Waals surface area contributed by atoms with Gasteiger partial charge < -0.3 is 0 Å². The molecule has 0 aliphatic heterocycles. The van der Waals surface area contributed by atoms with Crippen LogP contribution in [0.3, 0.4) is 0 Å². The van der Waals surface area contributed by atoms with E-state index in [1.165, 1.54) is 15.6 Å². The van der Waals surface area contributed by atoms with Crippen molar-refractivity contribution in [3.63, 3.8) is 0 Å². The second-order valence-corrected chi connectivity index (χ2v) is 12.9. The van der Waals surface area contributed by atoms with E-state index >= 15 is 0 Å². The van der Waals surface area contributed by atoms with Crippen LogP contribution in [0.2, 0.25) is 0 Å². The first-order valence-electron chi connectivity index (χ1n) is 10.0. The Balaban J connectivity index is 1.93. The van der Waals surface area contributed by atoms with Gasteiger partial charge in [0.1, 0.15) is 0 Å². The van der Waals surface area contributed by atoms with Crippen molar-refractivity contribution in [1.29, 1.82) is 0 Å². The Kier molecular flexibility index (Phi) is 6.22. The summed E-state index contributed by atoms with van der Waals surface area (Å²) in [4.78, 5) is 0. The number of benzene rings is 4. The maximum Gasteiger partial charge on any atom is 0.189 e. The Morgan fingerprint density at radius 3 is 1.30 bits per heavy atom. The summed E-state index contributed by atoms with van der Waals surface area (Å²) in [5.74, 6) is 0.473. The smallest absolute Gasteiger partial charge is 0.189 e. The Morgan fingerprint density at radius 2 is 0.933 bits per heavy atom. The summed E-state index contributed by atoms with van der Waals surface area (Å²) in [7, 11) is -3.96. The van der Waals surface area contributed by atoms with Gasteiger partial charge in [0.15, 0.2) is 8.07 Å². The third kappa shape index (κ3) is 3.87. The minimum absolute atomic E-state index is 0.473. The SMILES string of the molecule is C=C(S(=O)Cc1ccccc1)[Si](c1ccccc1)(c1ccccc1)c1ccccc1. The van der Waals surface area contributed by atoms with Crippen molar-refractivity contribution in [3.05, 3.63) is 138 Å². The molecule has 3 heteroatoms. The predicted octanol–water partition coefficient (Wildman–Crippen LogP) is 4.16. The maximum absolute atomic E-state index is 13.7. The molecule has 0 N–H and O–H groups in total. The Hall–Kier alpha value is -3.01. The Labute approximate surface area is 182 Å². The average Bonchev–Trinajstić information content (AvgIpc) is 2.82. The van der Waals surface area contributed by atoms with E-state index in [1.54, 1.807) is 0 Å². The molecule has 4 aromatic carbocycles. The molecule has 0 aromatic heterocycles. The molecule has 0 spiro atoms. The lowest BCUT2D eigenvalue weighted by molar-refractivity contribution is 0.687. The normalized spacial score (nSPS) is 12.3. The highest BCUT2D eigenvalue weighted by molar-refractivity contribution is 7.91. The molecule has 0 radical (unpaired) electrons. The molecule has 1 unspecified atom stereocenters. The molecule has 0 saturated carbocycles. The summed E-state index contributed by atoms with van der Waals surface area (Å²) in [6, 6.07) is 41.5. The highest BCUT2D eigenvalue weighted by Crippen LogP contribution is 2.21. The highest BCUT2D eigenvalue weighted by Gasteiger charge is 2.44. The molecule has 30 heavy (non-hydrogen) atoms. The van der Waals surface area contributed by atoms with Gasteiger partial charge in [0.25, 0.3) is 0 Å². The number of rotatable bonds is 7. The zero-order chi connectivity index (χ0) is 20.8. The molecule has 1 atom stereocenters. The van der Waals surface area contributed by atoms with E-state index in [0.717, 1.165) is 10.1 Å². The fraction of sp³-hybridized carbons (Fsp3) is 0.0370. The van der Waals surface area contributed by atoms with Crippen LogP contribution in [0.1, 0.15) is 5.56 Å². The lowest BCUT2D eigenvalue weighted by atomic mass is 10.2. The molecule has 0 amide bonds. The highest BCUT2D eigenvalue weighted by atomic mass is 32.2. The van der Waals surface area contributed by atoms with Gasteiger partial charge >= 0.3 is 0 Å². The topological polar surface area (TPSA) is 17.1 Å².